The number of esters is 1. The van der Waals surface area contributed by atoms with Gasteiger partial charge in [-0.2, -0.15) is 0 Å². The highest BCUT2D eigenvalue weighted by molar-refractivity contribution is 6.42. The SMILES string of the molecule is COC(=O)c1cn(CCN2CCOCC2)c2ccc(Cc3cccc(Cl)c3Cl)cc2c1=O. The first-order valence-corrected chi connectivity index (χ1v) is 11.2. The van der Waals surface area contributed by atoms with E-state index in [9.17, 15) is 9.59 Å². The highest BCUT2D eigenvalue weighted by Gasteiger charge is 2.18. The number of nitrogens with zero attached hydrogens (tertiary/aromatic N) is 2. The maximum Gasteiger partial charge on any atom is 0.343 e. The van der Waals surface area contributed by atoms with E-state index in [0.29, 0.717) is 41.6 Å². The van der Waals surface area contributed by atoms with Crippen LogP contribution in [0.3, 0.4) is 0 Å². The topological polar surface area (TPSA) is 60.8 Å². The van der Waals surface area contributed by atoms with Gasteiger partial charge in [0.05, 0.1) is 35.9 Å². The number of hydrogen-bond donors (Lipinski definition) is 0. The summed E-state index contributed by atoms with van der Waals surface area (Å²) in [6.07, 6.45) is 2.12. The van der Waals surface area contributed by atoms with Crippen molar-refractivity contribution < 1.29 is 14.3 Å². The fourth-order valence-electron chi connectivity index (χ4n) is 3.97. The Morgan fingerprint density at radius 1 is 1.12 bits per heavy atom. The summed E-state index contributed by atoms with van der Waals surface area (Å²) in [5, 5.41) is 1.47. The van der Waals surface area contributed by atoms with Crippen molar-refractivity contribution in [3.8, 4) is 0 Å². The first-order chi connectivity index (χ1) is 15.5. The number of aromatic nitrogens is 1. The second-order valence-corrected chi connectivity index (χ2v) is 8.54. The molecule has 3 aromatic rings. The third-order valence-electron chi connectivity index (χ3n) is 5.74. The predicted octanol–water partition coefficient (Wildman–Crippen LogP) is 4.02. The second kappa shape index (κ2) is 10.0. The van der Waals surface area contributed by atoms with Gasteiger partial charge in [0.1, 0.15) is 5.56 Å². The Hall–Kier alpha value is -2.38. The minimum Gasteiger partial charge on any atom is -0.465 e. The van der Waals surface area contributed by atoms with Gasteiger partial charge in [-0.25, -0.2) is 4.79 Å². The number of rotatable bonds is 6. The highest BCUT2D eigenvalue weighted by atomic mass is 35.5. The summed E-state index contributed by atoms with van der Waals surface area (Å²) in [5.41, 5.74) is 2.24. The smallest absolute Gasteiger partial charge is 0.343 e. The lowest BCUT2D eigenvalue weighted by molar-refractivity contribution is 0.0365. The summed E-state index contributed by atoms with van der Waals surface area (Å²) in [4.78, 5) is 27.7. The van der Waals surface area contributed by atoms with Gasteiger partial charge in [0, 0.05) is 37.8 Å². The molecule has 32 heavy (non-hydrogen) atoms. The van der Waals surface area contributed by atoms with Crippen LogP contribution < -0.4 is 5.43 Å². The first-order valence-electron chi connectivity index (χ1n) is 10.5. The molecule has 0 saturated carbocycles. The Kier molecular flexibility index (Phi) is 7.16. The van der Waals surface area contributed by atoms with Crippen LogP contribution >= 0.6 is 23.2 Å². The lowest BCUT2D eigenvalue weighted by atomic mass is 10.0. The van der Waals surface area contributed by atoms with E-state index in [1.165, 1.54) is 7.11 Å². The molecule has 0 spiro atoms. The molecule has 2 aromatic carbocycles. The molecule has 2 heterocycles. The Bertz CT molecular complexity index is 1200. The van der Waals surface area contributed by atoms with Crippen LogP contribution in [0.4, 0.5) is 0 Å². The minimum absolute atomic E-state index is 0.0277. The number of hydrogen-bond acceptors (Lipinski definition) is 5. The molecule has 0 amide bonds. The molecule has 168 valence electrons. The van der Waals surface area contributed by atoms with Crippen LogP contribution in [0.1, 0.15) is 21.5 Å². The van der Waals surface area contributed by atoms with E-state index in [1.54, 1.807) is 12.3 Å². The van der Waals surface area contributed by atoms with E-state index >= 15 is 0 Å². The van der Waals surface area contributed by atoms with E-state index in [-0.39, 0.29) is 11.0 Å². The van der Waals surface area contributed by atoms with Crippen molar-refractivity contribution in [2.24, 2.45) is 0 Å². The van der Waals surface area contributed by atoms with Crippen LogP contribution in [0, 0.1) is 0 Å². The van der Waals surface area contributed by atoms with Gasteiger partial charge >= 0.3 is 5.97 Å². The number of benzene rings is 2. The van der Waals surface area contributed by atoms with Gasteiger partial charge in [-0.15, -0.1) is 0 Å². The van der Waals surface area contributed by atoms with Crippen molar-refractivity contribution >= 4 is 40.1 Å². The number of methoxy groups -OCH3 is 1. The summed E-state index contributed by atoms with van der Waals surface area (Å²) in [6.45, 7) is 4.60. The minimum atomic E-state index is -0.639. The van der Waals surface area contributed by atoms with E-state index in [0.717, 1.165) is 36.3 Å². The number of ether oxygens (including phenoxy) is 2. The highest BCUT2D eigenvalue weighted by Crippen LogP contribution is 2.28. The lowest BCUT2D eigenvalue weighted by Crippen LogP contribution is -2.38. The van der Waals surface area contributed by atoms with E-state index in [4.69, 9.17) is 32.7 Å². The Balaban J connectivity index is 1.72. The Morgan fingerprint density at radius 2 is 1.91 bits per heavy atom. The molecule has 0 unspecified atom stereocenters. The fourth-order valence-corrected chi connectivity index (χ4v) is 4.36. The van der Waals surface area contributed by atoms with Gasteiger partial charge in [-0.05, 0) is 35.7 Å². The quantitative estimate of drug-likeness (QED) is 0.505. The largest absolute Gasteiger partial charge is 0.465 e. The van der Waals surface area contributed by atoms with Crippen LogP contribution in [0.2, 0.25) is 10.0 Å². The molecule has 0 N–H and O–H groups in total. The molecular formula is C24H24Cl2N2O4. The summed E-state index contributed by atoms with van der Waals surface area (Å²) < 4.78 is 12.2. The average Bonchev–Trinajstić information content (AvgIpc) is 2.82. The number of pyridine rings is 1. The molecule has 0 bridgehead atoms. The van der Waals surface area contributed by atoms with Crippen LogP contribution in [-0.4, -0.2) is 55.4 Å². The molecular weight excluding hydrogens is 451 g/mol. The second-order valence-electron chi connectivity index (χ2n) is 7.75. The third kappa shape index (κ3) is 4.84. The molecule has 0 radical (unpaired) electrons. The van der Waals surface area contributed by atoms with Crippen LogP contribution in [0.5, 0.6) is 0 Å². The van der Waals surface area contributed by atoms with Crippen molar-refractivity contribution in [3.05, 3.63) is 79.6 Å². The standard InChI is InChI=1S/C24H24Cl2N2O4/c1-31-24(30)19-15-28(8-7-27-9-11-32-12-10-27)21-6-5-16(14-18(21)23(19)29)13-17-3-2-4-20(25)22(17)26/h2-6,14-15H,7-13H2,1H3. The van der Waals surface area contributed by atoms with Gasteiger partial charge in [-0.1, -0.05) is 41.4 Å². The fraction of sp³-hybridized carbons (Fsp3) is 0.333. The molecule has 1 aromatic heterocycles. The number of morpholine rings is 1. The van der Waals surface area contributed by atoms with Gasteiger partial charge < -0.3 is 14.0 Å². The van der Waals surface area contributed by atoms with Crippen LogP contribution in [0.25, 0.3) is 10.9 Å². The zero-order chi connectivity index (χ0) is 22.7. The molecule has 1 fully saturated rings. The molecule has 6 nitrogen and oxygen atoms in total. The van der Waals surface area contributed by atoms with Gasteiger partial charge in [0.2, 0.25) is 5.43 Å². The average molecular weight is 475 g/mol. The summed E-state index contributed by atoms with van der Waals surface area (Å²) >= 11 is 12.5. The number of fused-ring (bicyclic) bond motifs is 1. The third-order valence-corrected chi connectivity index (χ3v) is 6.59. The van der Waals surface area contributed by atoms with Gasteiger partial charge in [0.15, 0.2) is 0 Å². The zero-order valence-electron chi connectivity index (χ0n) is 17.8. The van der Waals surface area contributed by atoms with Crippen molar-refractivity contribution in [2.45, 2.75) is 13.0 Å². The molecule has 8 heteroatoms. The van der Waals surface area contributed by atoms with Crippen LogP contribution in [0.15, 0.2) is 47.4 Å². The van der Waals surface area contributed by atoms with E-state index in [1.807, 2.05) is 34.9 Å². The number of carbonyl (C=O) groups is 1. The van der Waals surface area contributed by atoms with E-state index in [2.05, 4.69) is 4.90 Å². The van der Waals surface area contributed by atoms with Crippen molar-refractivity contribution in [1.82, 2.24) is 9.47 Å². The monoisotopic (exact) mass is 474 g/mol. The summed E-state index contributed by atoms with van der Waals surface area (Å²) in [6, 6.07) is 11.2. The Morgan fingerprint density at radius 3 is 2.66 bits per heavy atom. The van der Waals surface area contributed by atoms with Gasteiger partial charge in [-0.3, -0.25) is 9.69 Å². The summed E-state index contributed by atoms with van der Waals surface area (Å²) in [7, 11) is 1.28. The number of halogens is 2. The molecule has 0 atom stereocenters. The molecule has 1 aliphatic heterocycles. The molecule has 4 rings (SSSR count). The predicted molar refractivity (Wildman–Crippen MR) is 126 cm³/mol. The molecule has 0 aliphatic carbocycles. The molecule has 1 saturated heterocycles. The van der Waals surface area contributed by atoms with Crippen molar-refractivity contribution in [1.29, 1.82) is 0 Å². The zero-order valence-corrected chi connectivity index (χ0v) is 19.3. The van der Waals surface area contributed by atoms with E-state index < -0.39 is 5.97 Å². The van der Waals surface area contributed by atoms with Crippen LogP contribution in [-0.2, 0) is 22.4 Å². The maximum absolute atomic E-state index is 13.1. The van der Waals surface area contributed by atoms with Crippen molar-refractivity contribution in [2.75, 3.05) is 40.0 Å². The normalized spacial score (nSPS) is 14.6. The first kappa shape index (κ1) is 22.8. The summed E-state index contributed by atoms with van der Waals surface area (Å²) in [5.74, 6) is -0.639. The lowest BCUT2D eigenvalue weighted by Gasteiger charge is -2.27. The van der Waals surface area contributed by atoms with Crippen molar-refractivity contribution in [3.63, 3.8) is 0 Å². The number of carbonyl (C=O) groups excluding carboxylic acids is 1. The van der Waals surface area contributed by atoms with Gasteiger partial charge in [0.25, 0.3) is 0 Å². The maximum atomic E-state index is 13.1. The molecule has 1 aliphatic rings. The Labute approximate surface area is 196 Å².